The predicted molar refractivity (Wildman–Crippen MR) is 103 cm³/mol. The van der Waals surface area contributed by atoms with Gasteiger partial charge < -0.3 is 15.1 Å². The number of rotatable bonds is 7. The summed E-state index contributed by atoms with van der Waals surface area (Å²) in [6, 6.07) is 0. The van der Waals surface area contributed by atoms with Gasteiger partial charge in [0.15, 0.2) is 0 Å². The van der Waals surface area contributed by atoms with Crippen LogP contribution < -0.4 is 5.32 Å². The van der Waals surface area contributed by atoms with Gasteiger partial charge in [0.25, 0.3) is 0 Å². The minimum Gasteiger partial charge on any atom is -0.342 e. The molecular weight excluding hydrogens is 351 g/mol. The third kappa shape index (κ3) is 8.01. The Hall–Kier alpha value is -0.560. The fourth-order valence-corrected chi connectivity index (χ4v) is 2.92. The summed E-state index contributed by atoms with van der Waals surface area (Å²) in [6.45, 7) is 11.9. The zero-order valence-electron chi connectivity index (χ0n) is 15.4. The first-order chi connectivity index (χ1) is 10.5. The first-order valence-corrected chi connectivity index (χ1v) is 8.46. The molecule has 24 heavy (non-hydrogen) atoms. The smallest absolute Gasteiger partial charge is 0.236 e. The summed E-state index contributed by atoms with van der Waals surface area (Å²) in [7, 11) is 1.87. The Kier molecular flexibility index (Phi) is 14.7. The van der Waals surface area contributed by atoms with Crippen molar-refractivity contribution in [1.82, 2.24) is 20.0 Å². The molecule has 1 saturated heterocycles. The summed E-state index contributed by atoms with van der Waals surface area (Å²) in [4.78, 5) is 30.5. The van der Waals surface area contributed by atoms with Gasteiger partial charge in [-0.1, -0.05) is 6.92 Å². The molecule has 0 aromatic rings. The standard InChI is InChI=1S/C16H32N4O2.2ClH/c1-5-19(6-2)15(21)13-18-8-7-9-20(11-10-18)16(22)14(3)12-17-4;;/h14,17H,5-13H2,1-4H3;2*1H. The molecule has 0 aromatic heterocycles. The molecule has 0 bridgehead atoms. The number of hydrogen-bond acceptors (Lipinski definition) is 4. The molecule has 1 unspecified atom stereocenters. The van der Waals surface area contributed by atoms with Crippen molar-refractivity contribution in [3.8, 4) is 0 Å². The number of hydrogen-bond donors (Lipinski definition) is 1. The van der Waals surface area contributed by atoms with E-state index < -0.39 is 0 Å². The van der Waals surface area contributed by atoms with Crippen LogP contribution in [0.25, 0.3) is 0 Å². The van der Waals surface area contributed by atoms with Gasteiger partial charge in [0.2, 0.25) is 11.8 Å². The molecule has 6 nitrogen and oxygen atoms in total. The van der Waals surface area contributed by atoms with Crippen LogP contribution in [0, 0.1) is 5.92 Å². The van der Waals surface area contributed by atoms with E-state index in [1.807, 2.05) is 37.6 Å². The minimum absolute atomic E-state index is 0. The lowest BCUT2D eigenvalue weighted by molar-refractivity contribution is -0.134. The maximum Gasteiger partial charge on any atom is 0.236 e. The summed E-state index contributed by atoms with van der Waals surface area (Å²) in [5.41, 5.74) is 0. The summed E-state index contributed by atoms with van der Waals surface area (Å²) in [5, 5.41) is 3.06. The number of nitrogens with zero attached hydrogens (tertiary/aromatic N) is 3. The molecular formula is C16H34Cl2N4O2. The third-order valence-electron chi connectivity index (χ3n) is 4.31. The largest absolute Gasteiger partial charge is 0.342 e. The molecule has 0 aliphatic carbocycles. The van der Waals surface area contributed by atoms with Crippen LogP contribution in [0.4, 0.5) is 0 Å². The van der Waals surface area contributed by atoms with Gasteiger partial charge >= 0.3 is 0 Å². The molecule has 0 aromatic carbocycles. The van der Waals surface area contributed by atoms with Gasteiger partial charge in [-0.05, 0) is 27.3 Å². The van der Waals surface area contributed by atoms with Crippen molar-refractivity contribution in [3.05, 3.63) is 0 Å². The SMILES string of the molecule is CCN(CC)C(=O)CN1CCCN(C(=O)C(C)CNC)CC1.Cl.Cl. The Bertz CT molecular complexity index is 368. The summed E-state index contributed by atoms with van der Waals surface area (Å²) >= 11 is 0. The third-order valence-corrected chi connectivity index (χ3v) is 4.31. The number of likely N-dealkylation sites (N-methyl/N-ethyl adjacent to an activating group) is 1. The second kappa shape index (κ2) is 13.7. The van der Waals surface area contributed by atoms with Crippen molar-refractivity contribution < 1.29 is 9.59 Å². The zero-order valence-corrected chi connectivity index (χ0v) is 17.0. The van der Waals surface area contributed by atoms with Gasteiger partial charge in [0.05, 0.1) is 6.54 Å². The lowest BCUT2D eigenvalue weighted by Crippen LogP contribution is -2.43. The highest BCUT2D eigenvalue weighted by molar-refractivity contribution is 5.85. The molecule has 2 amide bonds. The number of nitrogens with one attached hydrogen (secondary N) is 1. The van der Waals surface area contributed by atoms with Crippen molar-refractivity contribution in [2.45, 2.75) is 27.2 Å². The van der Waals surface area contributed by atoms with Crippen LogP contribution in [0.3, 0.4) is 0 Å². The van der Waals surface area contributed by atoms with Crippen LogP contribution in [0.5, 0.6) is 0 Å². The molecule has 1 N–H and O–H groups in total. The van der Waals surface area contributed by atoms with Gasteiger partial charge in [-0.25, -0.2) is 0 Å². The quantitative estimate of drug-likeness (QED) is 0.713. The lowest BCUT2D eigenvalue weighted by Gasteiger charge is -2.26. The van der Waals surface area contributed by atoms with E-state index in [9.17, 15) is 9.59 Å². The van der Waals surface area contributed by atoms with Crippen LogP contribution in [-0.2, 0) is 9.59 Å². The normalized spacial score (nSPS) is 16.4. The second-order valence-corrected chi connectivity index (χ2v) is 5.98. The Labute approximate surface area is 159 Å². The molecule has 1 aliphatic rings. The van der Waals surface area contributed by atoms with E-state index in [0.29, 0.717) is 13.1 Å². The molecule has 1 atom stereocenters. The van der Waals surface area contributed by atoms with Gasteiger partial charge in [-0.3, -0.25) is 14.5 Å². The number of carbonyl (C=O) groups excluding carboxylic acids is 2. The van der Waals surface area contributed by atoms with Gasteiger partial charge in [-0.15, -0.1) is 24.8 Å². The van der Waals surface area contributed by atoms with Gasteiger partial charge in [-0.2, -0.15) is 0 Å². The van der Waals surface area contributed by atoms with Crippen LogP contribution in [0.1, 0.15) is 27.2 Å². The summed E-state index contributed by atoms with van der Waals surface area (Å²) in [6.07, 6.45) is 0.934. The molecule has 0 saturated carbocycles. The predicted octanol–water partition coefficient (Wildman–Crippen LogP) is 1.09. The van der Waals surface area contributed by atoms with E-state index in [2.05, 4.69) is 10.2 Å². The Morgan fingerprint density at radius 1 is 1.08 bits per heavy atom. The van der Waals surface area contributed by atoms with Crippen LogP contribution in [0.15, 0.2) is 0 Å². The van der Waals surface area contributed by atoms with Crippen molar-refractivity contribution in [2.75, 3.05) is 59.4 Å². The highest BCUT2D eigenvalue weighted by Gasteiger charge is 2.24. The first kappa shape index (κ1) is 25.7. The van der Waals surface area contributed by atoms with Crippen molar-refractivity contribution >= 4 is 36.6 Å². The van der Waals surface area contributed by atoms with E-state index in [1.165, 1.54) is 0 Å². The van der Waals surface area contributed by atoms with E-state index in [1.54, 1.807) is 0 Å². The fourth-order valence-electron chi connectivity index (χ4n) is 2.92. The molecule has 1 rings (SSSR count). The molecule has 1 fully saturated rings. The molecule has 144 valence electrons. The van der Waals surface area contributed by atoms with Gasteiger partial charge in [0.1, 0.15) is 0 Å². The molecule has 1 heterocycles. The highest BCUT2D eigenvalue weighted by Crippen LogP contribution is 2.08. The van der Waals surface area contributed by atoms with Gasteiger partial charge in [0, 0.05) is 51.7 Å². The molecule has 0 radical (unpaired) electrons. The van der Waals surface area contributed by atoms with Crippen LogP contribution in [0.2, 0.25) is 0 Å². The summed E-state index contributed by atoms with van der Waals surface area (Å²) in [5.74, 6) is 0.411. The van der Waals surface area contributed by atoms with Crippen molar-refractivity contribution in [1.29, 1.82) is 0 Å². The monoisotopic (exact) mass is 384 g/mol. The first-order valence-electron chi connectivity index (χ1n) is 8.46. The number of halogens is 2. The lowest BCUT2D eigenvalue weighted by atomic mass is 10.1. The number of carbonyl (C=O) groups is 2. The zero-order chi connectivity index (χ0) is 16.5. The maximum atomic E-state index is 12.4. The van der Waals surface area contributed by atoms with E-state index in [4.69, 9.17) is 0 Å². The average molecular weight is 385 g/mol. The minimum atomic E-state index is 0. The molecule has 0 spiro atoms. The fraction of sp³-hybridized carbons (Fsp3) is 0.875. The summed E-state index contributed by atoms with van der Waals surface area (Å²) < 4.78 is 0. The van der Waals surface area contributed by atoms with E-state index >= 15 is 0 Å². The second-order valence-electron chi connectivity index (χ2n) is 5.98. The number of amides is 2. The average Bonchev–Trinajstić information content (AvgIpc) is 2.73. The molecule has 1 aliphatic heterocycles. The maximum absolute atomic E-state index is 12.4. The van der Waals surface area contributed by atoms with Crippen LogP contribution in [-0.4, -0.2) is 85.9 Å². The Morgan fingerprint density at radius 3 is 2.25 bits per heavy atom. The topological polar surface area (TPSA) is 55.9 Å². The van der Waals surface area contributed by atoms with E-state index in [-0.39, 0.29) is 42.5 Å². The molecule has 8 heteroatoms. The van der Waals surface area contributed by atoms with E-state index in [0.717, 1.165) is 45.7 Å². The highest BCUT2D eigenvalue weighted by atomic mass is 35.5. The van der Waals surface area contributed by atoms with Crippen LogP contribution >= 0.6 is 24.8 Å². The Balaban J connectivity index is 0. The Morgan fingerprint density at radius 2 is 1.71 bits per heavy atom. The van der Waals surface area contributed by atoms with Crippen molar-refractivity contribution in [3.63, 3.8) is 0 Å². The van der Waals surface area contributed by atoms with Crippen molar-refractivity contribution in [2.24, 2.45) is 5.92 Å².